The van der Waals surface area contributed by atoms with Gasteiger partial charge < -0.3 is 10.2 Å². The van der Waals surface area contributed by atoms with Gasteiger partial charge in [-0.05, 0) is 49.1 Å². The number of nitrogens with one attached hydrogen (secondary N) is 1. The molecule has 1 aliphatic rings. The van der Waals surface area contributed by atoms with Crippen LogP contribution >= 0.6 is 0 Å². The van der Waals surface area contributed by atoms with Gasteiger partial charge in [-0.15, -0.1) is 0 Å². The summed E-state index contributed by atoms with van der Waals surface area (Å²) in [6, 6.07) is 12.6. The van der Waals surface area contributed by atoms with E-state index in [0.29, 0.717) is 17.4 Å². The molecule has 1 fully saturated rings. The minimum atomic E-state index is 0.105. The quantitative estimate of drug-likeness (QED) is 0.778. The van der Waals surface area contributed by atoms with Crippen molar-refractivity contribution in [2.75, 3.05) is 25.0 Å². The van der Waals surface area contributed by atoms with Gasteiger partial charge in [0.05, 0.1) is 11.3 Å². The van der Waals surface area contributed by atoms with Gasteiger partial charge in [-0.1, -0.05) is 44.2 Å². The lowest BCUT2D eigenvalue weighted by molar-refractivity contribution is 0.0690. The predicted molar refractivity (Wildman–Crippen MR) is 111 cm³/mol. The second kappa shape index (κ2) is 9.54. The van der Waals surface area contributed by atoms with Crippen LogP contribution in [0.3, 0.4) is 0 Å². The van der Waals surface area contributed by atoms with E-state index in [9.17, 15) is 4.79 Å². The number of anilines is 1. The Morgan fingerprint density at radius 1 is 1.19 bits per heavy atom. The second-order valence-electron chi connectivity index (χ2n) is 8.00. The van der Waals surface area contributed by atoms with E-state index in [-0.39, 0.29) is 5.91 Å². The molecule has 0 atom stereocenters. The lowest BCUT2D eigenvalue weighted by Gasteiger charge is -2.32. The van der Waals surface area contributed by atoms with E-state index >= 15 is 0 Å². The molecule has 1 aromatic heterocycles. The molecule has 4 heteroatoms. The van der Waals surface area contributed by atoms with Gasteiger partial charge in [0.1, 0.15) is 0 Å². The summed E-state index contributed by atoms with van der Waals surface area (Å²) in [7, 11) is 0. The summed E-state index contributed by atoms with van der Waals surface area (Å²) in [4.78, 5) is 19.1. The number of carbonyl (C=O) groups is 1. The van der Waals surface area contributed by atoms with Gasteiger partial charge in [0.15, 0.2) is 0 Å². The fraction of sp³-hybridized carbons (Fsp3) is 0.478. The van der Waals surface area contributed by atoms with Crippen LogP contribution < -0.4 is 5.32 Å². The van der Waals surface area contributed by atoms with Crippen molar-refractivity contribution in [3.05, 3.63) is 59.9 Å². The number of likely N-dealkylation sites (tertiary alicyclic amines) is 1. The first-order chi connectivity index (χ1) is 13.1. The number of nitrogens with zero attached hydrogens (tertiary/aromatic N) is 2. The summed E-state index contributed by atoms with van der Waals surface area (Å²) in [6.07, 6.45) is 7.84. The zero-order valence-electron chi connectivity index (χ0n) is 16.5. The monoisotopic (exact) mass is 365 g/mol. The van der Waals surface area contributed by atoms with Gasteiger partial charge in [0, 0.05) is 32.0 Å². The Kier molecular flexibility index (Phi) is 6.86. The number of aromatic nitrogens is 1. The standard InChI is InChI=1S/C23H31N3O/c1-18(2)8-11-25-22-15-21(16-24-17-22)23(27)26-12-9-20(10-13-26)14-19-6-4-3-5-7-19/h3-7,15-18,20,25H,8-14H2,1-2H3. The van der Waals surface area contributed by atoms with E-state index in [1.165, 1.54) is 5.56 Å². The number of pyridine rings is 1. The molecule has 1 saturated heterocycles. The van der Waals surface area contributed by atoms with E-state index in [2.05, 4.69) is 54.5 Å². The normalized spacial score (nSPS) is 15.1. The number of amides is 1. The van der Waals surface area contributed by atoms with Crippen molar-refractivity contribution in [3.8, 4) is 0 Å². The lowest BCUT2D eigenvalue weighted by Crippen LogP contribution is -2.39. The molecule has 0 spiro atoms. The molecule has 0 unspecified atom stereocenters. The summed E-state index contributed by atoms with van der Waals surface area (Å²) in [5.74, 6) is 1.43. The molecule has 0 radical (unpaired) electrons. The zero-order chi connectivity index (χ0) is 19.1. The van der Waals surface area contributed by atoms with Crippen LogP contribution in [-0.2, 0) is 6.42 Å². The van der Waals surface area contributed by atoms with Crippen LogP contribution in [0.4, 0.5) is 5.69 Å². The van der Waals surface area contributed by atoms with E-state index in [1.54, 1.807) is 12.4 Å². The first kappa shape index (κ1) is 19.4. The molecule has 1 amide bonds. The molecule has 0 bridgehead atoms. The molecule has 1 aromatic carbocycles. The fourth-order valence-electron chi connectivity index (χ4n) is 3.63. The largest absolute Gasteiger partial charge is 0.384 e. The summed E-state index contributed by atoms with van der Waals surface area (Å²) in [5.41, 5.74) is 3.01. The van der Waals surface area contributed by atoms with Gasteiger partial charge in [-0.25, -0.2) is 0 Å². The SMILES string of the molecule is CC(C)CCNc1cncc(C(=O)N2CCC(Cc3ccccc3)CC2)c1. The molecule has 1 N–H and O–H groups in total. The number of benzene rings is 1. The maximum Gasteiger partial charge on any atom is 0.255 e. The first-order valence-corrected chi connectivity index (χ1v) is 10.1. The fourth-order valence-corrected chi connectivity index (χ4v) is 3.63. The molecule has 0 aliphatic carbocycles. The zero-order valence-corrected chi connectivity index (χ0v) is 16.5. The summed E-state index contributed by atoms with van der Waals surface area (Å²) in [5, 5.41) is 3.38. The maximum atomic E-state index is 12.9. The van der Waals surface area contributed by atoms with Crippen LogP contribution in [-0.4, -0.2) is 35.4 Å². The molecule has 4 nitrogen and oxygen atoms in total. The highest BCUT2D eigenvalue weighted by Gasteiger charge is 2.24. The van der Waals surface area contributed by atoms with Crippen molar-refractivity contribution < 1.29 is 4.79 Å². The third-order valence-corrected chi connectivity index (χ3v) is 5.30. The number of carbonyl (C=O) groups excluding carboxylic acids is 1. The van der Waals surface area contributed by atoms with Crippen LogP contribution in [0.2, 0.25) is 0 Å². The molecule has 2 aromatic rings. The molecule has 2 heterocycles. The average molecular weight is 366 g/mol. The Labute approximate surface area is 163 Å². The molecule has 144 valence electrons. The van der Waals surface area contributed by atoms with E-state index < -0.39 is 0 Å². The van der Waals surface area contributed by atoms with Gasteiger partial charge in [0.25, 0.3) is 5.91 Å². The van der Waals surface area contributed by atoms with Crippen LogP contribution in [0.15, 0.2) is 48.8 Å². The Balaban J connectivity index is 1.51. The first-order valence-electron chi connectivity index (χ1n) is 10.1. The Morgan fingerprint density at radius 3 is 2.63 bits per heavy atom. The van der Waals surface area contributed by atoms with Gasteiger partial charge in [-0.2, -0.15) is 0 Å². The van der Waals surface area contributed by atoms with Crippen LogP contribution in [0, 0.1) is 11.8 Å². The average Bonchev–Trinajstić information content (AvgIpc) is 2.69. The Hall–Kier alpha value is -2.36. The van der Waals surface area contributed by atoms with Crippen molar-refractivity contribution in [1.82, 2.24) is 9.88 Å². The van der Waals surface area contributed by atoms with Crippen molar-refractivity contribution in [2.45, 2.75) is 39.5 Å². The molecule has 27 heavy (non-hydrogen) atoms. The second-order valence-corrected chi connectivity index (χ2v) is 8.00. The summed E-state index contributed by atoms with van der Waals surface area (Å²) in [6.45, 7) is 6.99. The minimum absolute atomic E-state index is 0.105. The third kappa shape index (κ3) is 5.81. The Bertz CT molecular complexity index is 721. The highest BCUT2D eigenvalue weighted by molar-refractivity contribution is 5.94. The van der Waals surface area contributed by atoms with Crippen LogP contribution in [0.1, 0.15) is 49.0 Å². The smallest absolute Gasteiger partial charge is 0.255 e. The van der Waals surface area contributed by atoms with Gasteiger partial charge in [-0.3, -0.25) is 9.78 Å². The highest BCUT2D eigenvalue weighted by atomic mass is 16.2. The van der Waals surface area contributed by atoms with Crippen molar-refractivity contribution in [3.63, 3.8) is 0 Å². The molecular formula is C23H31N3O. The van der Waals surface area contributed by atoms with Gasteiger partial charge >= 0.3 is 0 Å². The van der Waals surface area contributed by atoms with E-state index in [0.717, 1.165) is 51.0 Å². The van der Waals surface area contributed by atoms with Crippen molar-refractivity contribution >= 4 is 11.6 Å². The molecule has 3 rings (SSSR count). The van der Waals surface area contributed by atoms with Crippen LogP contribution in [0.5, 0.6) is 0 Å². The van der Waals surface area contributed by atoms with Crippen molar-refractivity contribution in [1.29, 1.82) is 0 Å². The molecule has 1 aliphatic heterocycles. The maximum absolute atomic E-state index is 12.9. The van der Waals surface area contributed by atoms with E-state index in [4.69, 9.17) is 0 Å². The minimum Gasteiger partial charge on any atom is -0.384 e. The molecule has 0 saturated carbocycles. The molecular weight excluding hydrogens is 334 g/mol. The topological polar surface area (TPSA) is 45.2 Å². The third-order valence-electron chi connectivity index (χ3n) is 5.30. The highest BCUT2D eigenvalue weighted by Crippen LogP contribution is 2.23. The number of piperidine rings is 1. The number of hydrogen-bond donors (Lipinski definition) is 1. The summed E-state index contributed by atoms with van der Waals surface area (Å²) < 4.78 is 0. The van der Waals surface area contributed by atoms with Crippen molar-refractivity contribution in [2.24, 2.45) is 11.8 Å². The van der Waals surface area contributed by atoms with Gasteiger partial charge in [0.2, 0.25) is 0 Å². The van der Waals surface area contributed by atoms with E-state index in [1.807, 2.05) is 11.0 Å². The predicted octanol–water partition coefficient (Wildman–Crippen LogP) is 4.63. The lowest BCUT2D eigenvalue weighted by atomic mass is 9.90. The Morgan fingerprint density at radius 2 is 1.93 bits per heavy atom. The van der Waals surface area contributed by atoms with Crippen LogP contribution in [0.25, 0.3) is 0 Å². The number of rotatable bonds is 7. The summed E-state index contributed by atoms with van der Waals surface area (Å²) >= 11 is 0. The number of hydrogen-bond acceptors (Lipinski definition) is 3.